The van der Waals surface area contributed by atoms with Crippen LogP contribution in [0.3, 0.4) is 0 Å². The Balaban J connectivity index is 2.43. The van der Waals surface area contributed by atoms with Gasteiger partial charge in [0.15, 0.2) is 0 Å². The predicted molar refractivity (Wildman–Crippen MR) is 57.7 cm³/mol. The standard InChI is InChI=1S/C11H17NO2/c1-9(7-13)8-14-11-5-3-10(12-2)4-6-11/h3-6,9,12-13H,7-8H2,1-2H3. The molecule has 3 nitrogen and oxygen atoms in total. The van der Waals surface area contributed by atoms with Crippen LogP contribution in [0, 0.1) is 5.92 Å². The molecule has 0 radical (unpaired) electrons. The smallest absolute Gasteiger partial charge is 0.119 e. The van der Waals surface area contributed by atoms with Crippen LogP contribution in [0.15, 0.2) is 24.3 Å². The van der Waals surface area contributed by atoms with Crippen LogP contribution in [-0.4, -0.2) is 25.4 Å². The molecule has 1 aromatic carbocycles. The summed E-state index contributed by atoms with van der Waals surface area (Å²) in [5.41, 5.74) is 1.06. The van der Waals surface area contributed by atoms with Crippen LogP contribution in [0.1, 0.15) is 6.92 Å². The van der Waals surface area contributed by atoms with Crippen molar-refractivity contribution in [3.05, 3.63) is 24.3 Å². The number of ether oxygens (including phenoxy) is 1. The third-order valence-corrected chi connectivity index (χ3v) is 1.99. The van der Waals surface area contributed by atoms with Gasteiger partial charge in [-0.1, -0.05) is 6.92 Å². The van der Waals surface area contributed by atoms with Gasteiger partial charge in [-0.3, -0.25) is 0 Å². The molecule has 1 rings (SSSR count). The third kappa shape index (κ3) is 3.26. The zero-order chi connectivity index (χ0) is 10.4. The Morgan fingerprint density at radius 1 is 1.36 bits per heavy atom. The molecular formula is C11H17NO2. The average molecular weight is 195 g/mol. The summed E-state index contributed by atoms with van der Waals surface area (Å²) in [6, 6.07) is 7.74. The first-order valence-electron chi connectivity index (χ1n) is 4.77. The van der Waals surface area contributed by atoms with Crippen molar-refractivity contribution in [2.24, 2.45) is 5.92 Å². The summed E-state index contributed by atoms with van der Waals surface area (Å²) in [4.78, 5) is 0. The summed E-state index contributed by atoms with van der Waals surface area (Å²) < 4.78 is 5.47. The molecule has 0 aliphatic carbocycles. The molecule has 3 heteroatoms. The van der Waals surface area contributed by atoms with Crippen LogP contribution < -0.4 is 10.1 Å². The lowest BCUT2D eigenvalue weighted by Gasteiger charge is -2.10. The molecule has 1 atom stereocenters. The quantitative estimate of drug-likeness (QED) is 0.752. The Bertz CT molecular complexity index is 258. The van der Waals surface area contributed by atoms with Gasteiger partial charge in [0, 0.05) is 25.3 Å². The van der Waals surface area contributed by atoms with Crippen molar-refractivity contribution in [1.29, 1.82) is 0 Å². The highest BCUT2D eigenvalue weighted by molar-refractivity contribution is 5.45. The summed E-state index contributed by atoms with van der Waals surface area (Å²) in [6.45, 7) is 2.66. The van der Waals surface area contributed by atoms with Crippen molar-refractivity contribution >= 4 is 5.69 Å². The normalized spacial score (nSPS) is 12.2. The Morgan fingerprint density at radius 2 is 2.00 bits per heavy atom. The number of aliphatic hydroxyl groups is 1. The number of aliphatic hydroxyl groups excluding tert-OH is 1. The van der Waals surface area contributed by atoms with E-state index in [-0.39, 0.29) is 12.5 Å². The molecule has 0 fully saturated rings. The molecule has 0 bridgehead atoms. The molecule has 0 aliphatic heterocycles. The minimum atomic E-state index is 0.161. The topological polar surface area (TPSA) is 41.5 Å². The van der Waals surface area contributed by atoms with Gasteiger partial charge in [0.25, 0.3) is 0 Å². The van der Waals surface area contributed by atoms with Crippen molar-refractivity contribution in [3.8, 4) is 5.75 Å². The van der Waals surface area contributed by atoms with Crippen molar-refractivity contribution < 1.29 is 9.84 Å². The first-order chi connectivity index (χ1) is 6.76. The maximum Gasteiger partial charge on any atom is 0.119 e. The molecule has 78 valence electrons. The summed E-state index contributed by atoms with van der Waals surface area (Å²) in [6.07, 6.45) is 0. The fraction of sp³-hybridized carbons (Fsp3) is 0.455. The van der Waals surface area contributed by atoms with Gasteiger partial charge in [-0.25, -0.2) is 0 Å². The zero-order valence-corrected chi connectivity index (χ0v) is 8.66. The van der Waals surface area contributed by atoms with E-state index >= 15 is 0 Å². The molecule has 1 unspecified atom stereocenters. The summed E-state index contributed by atoms with van der Waals surface area (Å²) in [5, 5.41) is 11.8. The highest BCUT2D eigenvalue weighted by Crippen LogP contribution is 2.15. The van der Waals surface area contributed by atoms with Crippen molar-refractivity contribution in [2.75, 3.05) is 25.6 Å². The van der Waals surface area contributed by atoms with Gasteiger partial charge < -0.3 is 15.2 Å². The van der Waals surface area contributed by atoms with Gasteiger partial charge in [-0.15, -0.1) is 0 Å². The monoisotopic (exact) mass is 195 g/mol. The fourth-order valence-electron chi connectivity index (χ4n) is 1.01. The number of benzene rings is 1. The summed E-state index contributed by atoms with van der Waals surface area (Å²) in [5.74, 6) is 1.02. The maximum atomic E-state index is 8.80. The summed E-state index contributed by atoms with van der Waals surface area (Å²) in [7, 11) is 1.88. The van der Waals surface area contributed by atoms with E-state index in [1.165, 1.54) is 0 Å². The SMILES string of the molecule is CNc1ccc(OCC(C)CO)cc1. The van der Waals surface area contributed by atoms with Crippen molar-refractivity contribution in [3.63, 3.8) is 0 Å². The first-order valence-corrected chi connectivity index (χ1v) is 4.77. The minimum absolute atomic E-state index is 0.161. The molecule has 14 heavy (non-hydrogen) atoms. The number of nitrogens with one attached hydrogen (secondary N) is 1. The van der Waals surface area contributed by atoms with Crippen molar-refractivity contribution in [1.82, 2.24) is 0 Å². The van der Waals surface area contributed by atoms with Crippen LogP contribution in [0.5, 0.6) is 5.75 Å². The Kier molecular flexibility index (Phi) is 4.26. The fourth-order valence-corrected chi connectivity index (χ4v) is 1.01. The molecule has 0 saturated carbocycles. The van der Waals surface area contributed by atoms with Crippen LogP contribution >= 0.6 is 0 Å². The second-order valence-corrected chi connectivity index (χ2v) is 3.37. The number of hydrogen-bond acceptors (Lipinski definition) is 3. The van der Waals surface area contributed by atoms with E-state index < -0.39 is 0 Å². The van der Waals surface area contributed by atoms with Gasteiger partial charge in [-0.2, -0.15) is 0 Å². The maximum absolute atomic E-state index is 8.80. The molecule has 0 heterocycles. The lowest BCUT2D eigenvalue weighted by atomic mass is 10.2. The largest absolute Gasteiger partial charge is 0.493 e. The Morgan fingerprint density at radius 3 is 2.50 bits per heavy atom. The van der Waals surface area contributed by atoms with E-state index in [1.54, 1.807) is 0 Å². The lowest BCUT2D eigenvalue weighted by molar-refractivity contribution is 0.174. The second kappa shape index (κ2) is 5.50. The van der Waals surface area contributed by atoms with Gasteiger partial charge in [0.1, 0.15) is 5.75 Å². The second-order valence-electron chi connectivity index (χ2n) is 3.37. The molecule has 0 amide bonds. The van der Waals surface area contributed by atoms with Crippen LogP contribution in [-0.2, 0) is 0 Å². The zero-order valence-electron chi connectivity index (χ0n) is 8.66. The predicted octanol–water partition coefficient (Wildman–Crippen LogP) is 1.74. The molecule has 2 N–H and O–H groups in total. The third-order valence-electron chi connectivity index (χ3n) is 1.99. The number of anilines is 1. The first kappa shape index (κ1) is 10.9. The van der Waals surface area contributed by atoms with E-state index in [9.17, 15) is 0 Å². The molecular weight excluding hydrogens is 178 g/mol. The van der Waals surface area contributed by atoms with Gasteiger partial charge in [-0.05, 0) is 24.3 Å². The van der Waals surface area contributed by atoms with Gasteiger partial charge in [0.05, 0.1) is 6.61 Å². The number of rotatable bonds is 5. The van der Waals surface area contributed by atoms with Crippen LogP contribution in [0.2, 0.25) is 0 Å². The summed E-state index contributed by atoms with van der Waals surface area (Å²) >= 11 is 0. The number of hydrogen-bond donors (Lipinski definition) is 2. The highest BCUT2D eigenvalue weighted by atomic mass is 16.5. The Hall–Kier alpha value is -1.22. The minimum Gasteiger partial charge on any atom is -0.493 e. The van der Waals surface area contributed by atoms with Gasteiger partial charge >= 0.3 is 0 Å². The molecule has 0 spiro atoms. The van der Waals surface area contributed by atoms with Crippen LogP contribution in [0.25, 0.3) is 0 Å². The molecule has 1 aromatic rings. The van der Waals surface area contributed by atoms with Gasteiger partial charge in [0.2, 0.25) is 0 Å². The van der Waals surface area contributed by atoms with E-state index in [0.717, 1.165) is 11.4 Å². The molecule has 0 aliphatic rings. The van der Waals surface area contributed by atoms with E-state index in [0.29, 0.717) is 6.61 Å². The van der Waals surface area contributed by atoms with Crippen LogP contribution in [0.4, 0.5) is 5.69 Å². The van der Waals surface area contributed by atoms with E-state index in [2.05, 4.69) is 5.32 Å². The molecule has 0 aromatic heterocycles. The molecule has 0 saturated heterocycles. The van der Waals surface area contributed by atoms with Crippen molar-refractivity contribution in [2.45, 2.75) is 6.92 Å². The Labute approximate surface area is 84.7 Å². The average Bonchev–Trinajstić information content (AvgIpc) is 2.26. The lowest BCUT2D eigenvalue weighted by Crippen LogP contribution is -2.11. The highest BCUT2D eigenvalue weighted by Gasteiger charge is 2.00. The van der Waals surface area contributed by atoms with E-state index in [4.69, 9.17) is 9.84 Å². The van der Waals surface area contributed by atoms with E-state index in [1.807, 2.05) is 38.2 Å².